The number of ether oxygens (including phenoxy) is 1. The Morgan fingerprint density at radius 1 is 1.11 bits per heavy atom. The zero-order valence-corrected chi connectivity index (χ0v) is 11.6. The summed E-state index contributed by atoms with van der Waals surface area (Å²) in [6, 6.07) is 16.7. The van der Waals surface area contributed by atoms with Crippen molar-refractivity contribution in [2.45, 2.75) is 19.3 Å². The largest absolute Gasteiger partial charge is 0.496 e. The maximum atomic E-state index is 5.65. The van der Waals surface area contributed by atoms with Gasteiger partial charge in [0.05, 0.1) is 7.11 Å². The van der Waals surface area contributed by atoms with Crippen LogP contribution in [0.3, 0.4) is 0 Å². The Hall–Kier alpha value is -1.80. The molecule has 0 aliphatic rings. The summed E-state index contributed by atoms with van der Waals surface area (Å²) in [7, 11) is 1.71. The smallest absolute Gasteiger partial charge is 0.126 e. The number of nitrogens with two attached hydrogens (primary N) is 1. The van der Waals surface area contributed by atoms with Gasteiger partial charge in [0.1, 0.15) is 5.75 Å². The summed E-state index contributed by atoms with van der Waals surface area (Å²) in [5.41, 5.74) is 9.28. The van der Waals surface area contributed by atoms with Crippen LogP contribution in [0.25, 0.3) is 11.1 Å². The Morgan fingerprint density at radius 2 is 1.84 bits per heavy atom. The van der Waals surface area contributed by atoms with E-state index in [1.165, 1.54) is 11.1 Å². The molecule has 2 aromatic rings. The van der Waals surface area contributed by atoms with Gasteiger partial charge in [-0.15, -0.1) is 0 Å². The van der Waals surface area contributed by atoms with Gasteiger partial charge in [-0.2, -0.15) is 0 Å². The molecule has 0 heterocycles. The van der Waals surface area contributed by atoms with Crippen LogP contribution in [0.1, 0.15) is 24.8 Å². The molecule has 0 fully saturated rings. The first-order valence-electron chi connectivity index (χ1n) is 6.69. The molecule has 2 aromatic carbocycles. The highest BCUT2D eigenvalue weighted by Crippen LogP contribution is 2.33. The topological polar surface area (TPSA) is 35.2 Å². The van der Waals surface area contributed by atoms with E-state index in [-0.39, 0.29) is 0 Å². The van der Waals surface area contributed by atoms with Crippen LogP contribution in [0.2, 0.25) is 0 Å². The predicted octanol–water partition coefficient (Wildman–Crippen LogP) is 3.81. The molecule has 2 heteroatoms. The molecule has 2 nitrogen and oxygen atoms in total. The molecule has 0 aliphatic heterocycles. The standard InChI is InChI=1S/C17H21NO/c1-13(10-11-18)15-8-9-17(19-2)16(12-15)14-6-4-3-5-7-14/h3-9,12-13H,10-11,18H2,1-2H3. The van der Waals surface area contributed by atoms with Crippen molar-refractivity contribution in [2.75, 3.05) is 13.7 Å². The highest BCUT2D eigenvalue weighted by Gasteiger charge is 2.10. The van der Waals surface area contributed by atoms with E-state index in [2.05, 4.69) is 31.2 Å². The molecule has 0 amide bonds. The van der Waals surface area contributed by atoms with Gasteiger partial charge in [-0.05, 0) is 42.1 Å². The molecule has 0 saturated heterocycles. The molecule has 0 saturated carbocycles. The minimum atomic E-state index is 0.471. The molecule has 1 unspecified atom stereocenters. The normalized spacial score (nSPS) is 12.2. The van der Waals surface area contributed by atoms with Gasteiger partial charge in [0.15, 0.2) is 0 Å². The Balaban J connectivity index is 2.43. The lowest BCUT2D eigenvalue weighted by Crippen LogP contribution is -2.04. The summed E-state index contributed by atoms with van der Waals surface area (Å²) >= 11 is 0. The first-order valence-corrected chi connectivity index (χ1v) is 6.69. The summed E-state index contributed by atoms with van der Waals surface area (Å²) in [6.45, 7) is 2.93. The van der Waals surface area contributed by atoms with E-state index < -0.39 is 0 Å². The molecule has 0 radical (unpaired) electrons. The summed E-state index contributed by atoms with van der Waals surface area (Å²) < 4.78 is 5.47. The van der Waals surface area contributed by atoms with E-state index in [9.17, 15) is 0 Å². The van der Waals surface area contributed by atoms with Crippen LogP contribution in [0.4, 0.5) is 0 Å². The fourth-order valence-electron chi connectivity index (χ4n) is 2.29. The van der Waals surface area contributed by atoms with E-state index in [1.807, 2.05) is 24.3 Å². The SMILES string of the molecule is COc1ccc(C(C)CCN)cc1-c1ccccc1. The molecular formula is C17H21NO. The maximum Gasteiger partial charge on any atom is 0.126 e. The van der Waals surface area contributed by atoms with Crippen molar-refractivity contribution >= 4 is 0 Å². The van der Waals surface area contributed by atoms with Crippen LogP contribution in [-0.4, -0.2) is 13.7 Å². The maximum absolute atomic E-state index is 5.65. The summed E-state index contributed by atoms with van der Waals surface area (Å²) in [5.74, 6) is 1.38. The number of benzene rings is 2. The highest BCUT2D eigenvalue weighted by atomic mass is 16.5. The van der Waals surface area contributed by atoms with Gasteiger partial charge >= 0.3 is 0 Å². The van der Waals surface area contributed by atoms with Gasteiger partial charge in [-0.1, -0.05) is 43.3 Å². The van der Waals surface area contributed by atoms with E-state index >= 15 is 0 Å². The quantitative estimate of drug-likeness (QED) is 0.881. The van der Waals surface area contributed by atoms with Crippen molar-refractivity contribution in [3.63, 3.8) is 0 Å². The van der Waals surface area contributed by atoms with Gasteiger partial charge in [-0.3, -0.25) is 0 Å². The highest BCUT2D eigenvalue weighted by molar-refractivity contribution is 5.71. The minimum absolute atomic E-state index is 0.471. The van der Waals surface area contributed by atoms with Crippen molar-refractivity contribution in [1.82, 2.24) is 0 Å². The van der Waals surface area contributed by atoms with Gasteiger partial charge < -0.3 is 10.5 Å². The lowest BCUT2D eigenvalue weighted by molar-refractivity contribution is 0.416. The van der Waals surface area contributed by atoms with Crippen LogP contribution in [-0.2, 0) is 0 Å². The molecule has 0 bridgehead atoms. The molecular weight excluding hydrogens is 234 g/mol. The first-order chi connectivity index (χ1) is 9.26. The fourth-order valence-corrected chi connectivity index (χ4v) is 2.29. The molecule has 0 aliphatic carbocycles. The third kappa shape index (κ3) is 3.15. The second kappa shape index (κ2) is 6.39. The first kappa shape index (κ1) is 13.6. The van der Waals surface area contributed by atoms with E-state index in [4.69, 9.17) is 10.5 Å². The van der Waals surface area contributed by atoms with Gasteiger partial charge in [0.2, 0.25) is 0 Å². The van der Waals surface area contributed by atoms with Crippen molar-refractivity contribution < 1.29 is 4.74 Å². The predicted molar refractivity (Wildman–Crippen MR) is 80.5 cm³/mol. The van der Waals surface area contributed by atoms with Crippen molar-refractivity contribution in [3.8, 4) is 16.9 Å². The molecule has 1 atom stereocenters. The van der Waals surface area contributed by atoms with Crippen LogP contribution >= 0.6 is 0 Å². The Bertz CT molecular complexity index is 522. The lowest BCUT2D eigenvalue weighted by Gasteiger charge is -2.15. The summed E-state index contributed by atoms with van der Waals surface area (Å²) in [4.78, 5) is 0. The molecule has 2 N–H and O–H groups in total. The average molecular weight is 255 g/mol. The van der Waals surface area contributed by atoms with Crippen LogP contribution in [0.5, 0.6) is 5.75 Å². The number of rotatable bonds is 5. The Labute approximate surface area is 115 Å². The number of hydrogen-bond donors (Lipinski definition) is 1. The lowest BCUT2D eigenvalue weighted by atomic mass is 9.93. The van der Waals surface area contributed by atoms with E-state index in [0.717, 1.165) is 17.7 Å². The van der Waals surface area contributed by atoms with Crippen molar-refractivity contribution in [1.29, 1.82) is 0 Å². The van der Waals surface area contributed by atoms with Gasteiger partial charge in [0, 0.05) is 5.56 Å². The van der Waals surface area contributed by atoms with E-state index in [0.29, 0.717) is 12.5 Å². The van der Waals surface area contributed by atoms with Crippen LogP contribution in [0, 0.1) is 0 Å². The van der Waals surface area contributed by atoms with Crippen LogP contribution in [0.15, 0.2) is 48.5 Å². The molecule has 0 spiro atoms. The third-order valence-corrected chi connectivity index (χ3v) is 3.48. The zero-order valence-electron chi connectivity index (χ0n) is 11.6. The van der Waals surface area contributed by atoms with E-state index in [1.54, 1.807) is 7.11 Å². The number of methoxy groups -OCH3 is 1. The third-order valence-electron chi connectivity index (χ3n) is 3.48. The minimum Gasteiger partial charge on any atom is -0.496 e. The second-order valence-electron chi connectivity index (χ2n) is 4.80. The monoisotopic (exact) mass is 255 g/mol. The molecule has 2 rings (SSSR count). The van der Waals surface area contributed by atoms with Crippen LogP contribution < -0.4 is 10.5 Å². The fraction of sp³-hybridized carbons (Fsp3) is 0.294. The Kier molecular flexibility index (Phi) is 4.58. The van der Waals surface area contributed by atoms with Gasteiger partial charge in [0.25, 0.3) is 0 Å². The molecule has 100 valence electrons. The summed E-state index contributed by atoms with van der Waals surface area (Å²) in [5, 5.41) is 0. The van der Waals surface area contributed by atoms with Crippen molar-refractivity contribution in [3.05, 3.63) is 54.1 Å². The summed E-state index contributed by atoms with van der Waals surface area (Å²) in [6.07, 6.45) is 1.00. The Morgan fingerprint density at radius 3 is 2.47 bits per heavy atom. The number of hydrogen-bond acceptors (Lipinski definition) is 2. The average Bonchev–Trinajstić information content (AvgIpc) is 2.47. The zero-order chi connectivity index (χ0) is 13.7. The second-order valence-corrected chi connectivity index (χ2v) is 4.80. The van der Waals surface area contributed by atoms with Crippen molar-refractivity contribution in [2.24, 2.45) is 5.73 Å². The van der Waals surface area contributed by atoms with Gasteiger partial charge in [-0.25, -0.2) is 0 Å². The molecule has 0 aromatic heterocycles. The molecule has 19 heavy (non-hydrogen) atoms.